The van der Waals surface area contributed by atoms with Crippen LogP contribution in [-0.2, 0) is 10.5 Å². The van der Waals surface area contributed by atoms with Gasteiger partial charge in [0, 0.05) is 10.8 Å². The zero-order valence-electron chi connectivity index (χ0n) is 13.5. The second-order valence-corrected chi connectivity index (χ2v) is 6.67. The SMILES string of the molecule is COc1ccc(CSCC(=O)N[C@@H](C)c2ccccc2Cl)cc1F. The molecule has 2 aromatic carbocycles. The second kappa shape index (κ2) is 8.94. The summed E-state index contributed by atoms with van der Waals surface area (Å²) in [5.41, 5.74) is 1.69. The maximum absolute atomic E-state index is 13.6. The van der Waals surface area contributed by atoms with Gasteiger partial charge in [-0.1, -0.05) is 35.9 Å². The van der Waals surface area contributed by atoms with Crippen LogP contribution in [0.4, 0.5) is 4.39 Å². The van der Waals surface area contributed by atoms with E-state index in [1.165, 1.54) is 24.9 Å². The van der Waals surface area contributed by atoms with Crippen LogP contribution in [0.25, 0.3) is 0 Å². The van der Waals surface area contributed by atoms with Gasteiger partial charge in [-0.2, -0.15) is 0 Å². The van der Waals surface area contributed by atoms with E-state index in [0.29, 0.717) is 16.5 Å². The lowest BCUT2D eigenvalue weighted by Crippen LogP contribution is -2.28. The molecule has 2 aromatic rings. The monoisotopic (exact) mass is 367 g/mol. The number of methoxy groups -OCH3 is 1. The summed E-state index contributed by atoms with van der Waals surface area (Å²) >= 11 is 7.55. The predicted octanol–water partition coefficient (Wildman–Crippen LogP) is 4.60. The van der Waals surface area contributed by atoms with Crippen LogP contribution < -0.4 is 10.1 Å². The van der Waals surface area contributed by atoms with E-state index in [-0.39, 0.29) is 17.7 Å². The third-order valence-corrected chi connectivity index (χ3v) is 4.82. The number of rotatable bonds is 7. The molecule has 128 valence electrons. The molecule has 0 saturated carbocycles. The number of halogens is 2. The van der Waals surface area contributed by atoms with Gasteiger partial charge in [0.25, 0.3) is 0 Å². The first kappa shape index (κ1) is 18.6. The lowest BCUT2D eigenvalue weighted by atomic mass is 10.1. The number of thioether (sulfide) groups is 1. The molecular weight excluding hydrogens is 349 g/mol. The minimum atomic E-state index is -0.396. The predicted molar refractivity (Wildman–Crippen MR) is 97.1 cm³/mol. The van der Waals surface area contributed by atoms with Crippen LogP contribution in [0.5, 0.6) is 5.75 Å². The summed E-state index contributed by atoms with van der Waals surface area (Å²) in [4.78, 5) is 12.0. The summed E-state index contributed by atoms with van der Waals surface area (Å²) in [7, 11) is 1.43. The topological polar surface area (TPSA) is 38.3 Å². The highest BCUT2D eigenvalue weighted by Crippen LogP contribution is 2.23. The summed E-state index contributed by atoms with van der Waals surface area (Å²) in [5.74, 6) is 0.584. The van der Waals surface area contributed by atoms with Gasteiger partial charge >= 0.3 is 0 Å². The van der Waals surface area contributed by atoms with E-state index in [1.54, 1.807) is 18.2 Å². The largest absolute Gasteiger partial charge is 0.494 e. The summed E-state index contributed by atoms with van der Waals surface area (Å²) in [5, 5.41) is 3.55. The van der Waals surface area contributed by atoms with E-state index in [4.69, 9.17) is 16.3 Å². The highest BCUT2D eigenvalue weighted by atomic mass is 35.5. The average molecular weight is 368 g/mol. The van der Waals surface area contributed by atoms with Crippen LogP contribution in [0.2, 0.25) is 5.02 Å². The molecule has 1 N–H and O–H groups in total. The van der Waals surface area contributed by atoms with E-state index in [9.17, 15) is 9.18 Å². The molecule has 1 amide bonds. The van der Waals surface area contributed by atoms with Crippen LogP contribution in [0.3, 0.4) is 0 Å². The first-order chi connectivity index (χ1) is 11.5. The molecule has 3 nitrogen and oxygen atoms in total. The molecule has 0 heterocycles. The van der Waals surface area contributed by atoms with Gasteiger partial charge in [0.1, 0.15) is 0 Å². The molecule has 0 unspecified atom stereocenters. The van der Waals surface area contributed by atoms with Gasteiger partial charge in [-0.3, -0.25) is 4.79 Å². The molecule has 0 bridgehead atoms. The lowest BCUT2D eigenvalue weighted by molar-refractivity contribution is -0.119. The molecule has 0 aliphatic rings. The molecule has 24 heavy (non-hydrogen) atoms. The van der Waals surface area contributed by atoms with Crippen molar-refractivity contribution in [1.82, 2.24) is 5.32 Å². The smallest absolute Gasteiger partial charge is 0.230 e. The zero-order valence-corrected chi connectivity index (χ0v) is 15.1. The fourth-order valence-electron chi connectivity index (χ4n) is 2.25. The van der Waals surface area contributed by atoms with Gasteiger partial charge in [0.2, 0.25) is 5.91 Å². The van der Waals surface area contributed by atoms with E-state index in [2.05, 4.69) is 5.32 Å². The Bertz CT molecular complexity index is 711. The number of hydrogen-bond acceptors (Lipinski definition) is 3. The molecule has 0 fully saturated rings. The van der Waals surface area contributed by atoms with Crippen LogP contribution in [-0.4, -0.2) is 18.8 Å². The van der Waals surface area contributed by atoms with E-state index in [0.717, 1.165) is 11.1 Å². The van der Waals surface area contributed by atoms with Crippen molar-refractivity contribution in [3.63, 3.8) is 0 Å². The Morgan fingerprint density at radius 2 is 2.08 bits per heavy atom. The molecule has 1 atom stereocenters. The normalized spacial score (nSPS) is 11.8. The van der Waals surface area contributed by atoms with Gasteiger partial charge in [-0.25, -0.2) is 4.39 Å². The summed E-state index contributed by atoms with van der Waals surface area (Å²) in [6.07, 6.45) is 0. The van der Waals surface area contributed by atoms with Crippen molar-refractivity contribution < 1.29 is 13.9 Å². The van der Waals surface area contributed by atoms with Crippen LogP contribution in [0, 0.1) is 5.82 Å². The molecule has 0 aliphatic carbocycles. The molecule has 0 saturated heterocycles. The molecule has 6 heteroatoms. The van der Waals surface area contributed by atoms with Crippen LogP contribution in [0.1, 0.15) is 24.1 Å². The minimum Gasteiger partial charge on any atom is -0.494 e. The Morgan fingerprint density at radius 3 is 2.75 bits per heavy atom. The number of nitrogens with one attached hydrogen (secondary N) is 1. The lowest BCUT2D eigenvalue weighted by Gasteiger charge is -2.15. The van der Waals surface area contributed by atoms with E-state index < -0.39 is 5.82 Å². The fraction of sp³-hybridized carbons (Fsp3) is 0.278. The molecule has 0 radical (unpaired) electrons. The summed E-state index contributed by atoms with van der Waals surface area (Å²) in [6, 6.07) is 12.1. The number of amides is 1. The standard InChI is InChI=1S/C18H19ClFNO2S/c1-12(14-5-3-4-6-15(14)19)21-18(22)11-24-10-13-7-8-17(23-2)16(20)9-13/h3-9,12H,10-11H2,1-2H3,(H,21,22)/t12-/m0/s1. The Kier molecular flexibility index (Phi) is 6.94. The third kappa shape index (κ3) is 5.14. The number of benzene rings is 2. The van der Waals surface area contributed by atoms with Crippen LogP contribution >= 0.6 is 23.4 Å². The van der Waals surface area contributed by atoms with Crippen molar-refractivity contribution in [2.24, 2.45) is 0 Å². The summed E-state index contributed by atoms with van der Waals surface area (Å²) < 4.78 is 18.5. The molecule has 0 aliphatic heterocycles. The minimum absolute atomic E-state index is 0.0820. The van der Waals surface area contributed by atoms with E-state index in [1.807, 2.05) is 25.1 Å². The Morgan fingerprint density at radius 1 is 1.33 bits per heavy atom. The highest BCUT2D eigenvalue weighted by molar-refractivity contribution is 7.99. The van der Waals surface area contributed by atoms with Gasteiger partial charge in [0.05, 0.1) is 18.9 Å². The Balaban J connectivity index is 1.81. The van der Waals surface area contributed by atoms with Crippen molar-refractivity contribution >= 4 is 29.3 Å². The fourth-order valence-corrected chi connectivity index (χ4v) is 3.33. The number of carbonyl (C=O) groups excluding carboxylic acids is 1. The first-order valence-corrected chi connectivity index (χ1v) is 8.98. The number of ether oxygens (including phenoxy) is 1. The molecule has 0 aromatic heterocycles. The van der Waals surface area contributed by atoms with E-state index >= 15 is 0 Å². The Hall–Kier alpha value is -1.72. The maximum Gasteiger partial charge on any atom is 0.230 e. The van der Waals surface area contributed by atoms with Crippen molar-refractivity contribution in [3.05, 3.63) is 64.4 Å². The number of carbonyl (C=O) groups is 1. The van der Waals surface area contributed by atoms with Crippen molar-refractivity contribution in [3.8, 4) is 5.75 Å². The average Bonchev–Trinajstić information content (AvgIpc) is 2.55. The highest BCUT2D eigenvalue weighted by Gasteiger charge is 2.12. The van der Waals surface area contributed by atoms with Gasteiger partial charge in [-0.05, 0) is 36.2 Å². The molecule has 2 rings (SSSR count). The Labute approximate surface area is 150 Å². The van der Waals surface area contributed by atoms with Gasteiger partial charge in [0.15, 0.2) is 11.6 Å². The third-order valence-electron chi connectivity index (χ3n) is 3.47. The number of hydrogen-bond donors (Lipinski definition) is 1. The van der Waals surface area contributed by atoms with Crippen molar-refractivity contribution in [2.45, 2.75) is 18.7 Å². The first-order valence-electron chi connectivity index (χ1n) is 7.45. The van der Waals surface area contributed by atoms with Crippen molar-refractivity contribution in [2.75, 3.05) is 12.9 Å². The van der Waals surface area contributed by atoms with Crippen LogP contribution in [0.15, 0.2) is 42.5 Å². The maximum atomic E-state index is 13.6. The second-order valence-electron chi connectivity index (χ2n) is 5.27. The van der Waals surface area contributed by atoms with Gasteiger partial charge < -0.3 is 10.1 Å². The zero-order chi connectivity index (χ0) is 17.5. The molecular formula is C18H19ClFNO2S. The summed E-state index contributed by atoms with van der Waals surface area (Å²) in [6.45, 7) is 1.89. The van der Waals surface area contributed by atoms with Gasteiger partial charge in [-0.15, -0.1) is 11.8 Å². The molecule has 0 spiro atoms. The van der Waals surface area contributed by atoms with Crippen molar-refractivity contribution in [1.29, 1.82) is 0 Å². The quantitative estimate of drug-likeness (QED) is 0.777.